The van der Waals surface area contributed by atoms with Crippen molar-refractivity contribution in [1.29, 1.82) is 0 Å². The molecule has 0 radical (unpaired) electrons. The lowest BCUT2D eigenvalue weighted by Crippen LogP contribution is -2.37. The number of aromatic nitrogens is 2. The number of nitrogens with one attached hydrogen (secondary N) is 1. The van der Waals surface area contributed by atoms with Crippen LogP contribution in [0.15, 0.2) is 17.6 Å². The maximum absolute atomic E-state index is 10.5. The number of aryl methyl sites for hydroxylation is 1. The highest BCUT2D eigenvalue weighted by Crippen LogP contribution is 2.12. The number of carbonyl (C=O) groups excluding carboxylic acids is 1. The van der Waals surface area contributed by atoms with Gasteiger partial charge in [-0.25, -0.2) is 9.55 Å². The van der Waals surface area contributed by atoms with Crippen LogP contribution in [0.25, 0.3) is 0 Å². The van der Waals surface area contributed by atoms with Gasteiger partial charge in [-0.2, -0.15) is 13.2 Å². The third kappa shape index (κ3) is 11.0. The first kappa shape index (κ1) is 21.8. The number of halogens is 3. The Labute approximate surface area is 138 Å². The first-order chi connectivity index (χ1) is 10.7. The third-order valence-corrected chi connectivity index (χ3v) is 4.01. The van der Waals surface area contributed by atoms with Gasteiger partial charge >= 0.3 is 11.3 Å². The molecule has 9 heteroatoms. The Morgan fingerprint density at radius 2 is 2.04 bits per heavy atom. The molecule has 0 unspecified atom stereocenters. The van der Waals surface area contributed by atoms with Crippen LogP contribution in [0.5, 0.6) is 0 Å². The predicted molar refractivity (Wildman–Crippen MR) is 80.6 cm³/mol. The molecule has 0 saturated carbocycles. The van der Waals surface area contributed by atoms with Gasteiger partial charge in [0.15, 0.2) is 0 Å². The average molecular weight is 355 g/mol. The van der Waals surface area contributed by atoms with Crippen LogP contribution in [0.2, 0.25) is 0 Å². The Balaban J connectivity index is 0.000000585. The Kier molecular flexibility index (Phi) is 10.7. The SMILES string of the molecule is CCCCCC[n+]1cc[nH]c1SC[C@H](C)N.O=C([O-])C(F)(F)F. The fourth-order valence-electron chi connectivity index (χ4n) is 1.57. The fraction of sp³-hybridized carbons (Fsp3) is 0.714. The monoisotopic (exact) mass is 355 g/mol. The molecule has 1 rings (SSSR count). The van der Waals surface area contributed by atoms with E-state index in [1.165, 1.54) is 30.8 Å². The van der Waals surface area contributed by atoms with Crippen LogP contribution in [0.1, 0.15) is 39.5 Å². The number of alkyl halides is 3. The summed E-state index contributed by atoms with van der Waals surface area (Å²) in [4.78, 5) is 12.1. The number of hydrogen-bond acceptors (Lipinski definition) is 4. The maximum atomic E-state index is 10.5. The zero-order valence-corrected chi connectivity index (χ0v) is 14.2. The van der Waals surface area contributed by atoms with Crippen molar-refractivity contribution in [3.8, 4) is 0 Å². The molecule has 0 amide bonds. The van der Waals surface area contributed by atoms with E-state index in [2.05, 4.69) is 22.7 Å². The summed E-state index contributed by atoms with van der Waals surface area (Å²) >= 11 is 1.81. The molecule has 1 aromatic rings. The molecule has 134 valence electrons. The van der Waals surface area contributed by atoms with Crippen molar-refractivity contribution < 1.29 is 27.6 Å². The van der Waals surface area contributed by atoms with Crippen LogP contribution in [0.4, 0.5) is 13.2 Å². The molecule has 1 heterocycles. The Bertz CT molecular complexity index is 451. The molecule has 0 aromatic carbocycles. The molecule has 0 bridgehead atoms. The van der Waals surface area contributed by atoms with Gasteiger partial charge in [0, 0.05) is 11.8 Å². The molecule has 1 aromatic heterocycles. The van der Waals surface area contributed by atoms with Crippen LogP contribution in [-0.4, -0.2) is 28.9 Å². The number of carbonyl (C=O) groups is 1. The summed E-state index contributed by atoms with van der Waals surface area (Å²) in [5.41, 5.74) is 5.75. The van der Waals surface area contributed by atoms with E-state index in [9.17, 15) is 13.2 Å². The van der Waals surface area contributed by atoms with E-state index in [0.717, 1.165) is 12.3 Å². The normalized spacial score (nSPS) is 12.4. The second kappa shape index (κ2) is 11.3. The number of thioether (sulfide) groups is 1. The average Bonchev–Trinajstić information content (AvgIpc) is 2.88. The van der Waals surface area contributed by atoms with Crippen molar-refractivity contribution in [1.82, 2.24) is 4.98 Å². The van der Waals surface area contributed by atoms with E-state index in [4.69, 9.17) is 15.6 Å². The molecule has 1 atom stereocenters. The number of imidazole rings is 1. The number of H-pyrrole nitrogens is 1. The summed E-state index contributed by atoms with van der Waals surface area (Å²) in [6.45, 7) is 5.40. The zero-order chi connectivity index (χ0) is 17.9. The number of hydrogen-bond donors (Lipinski definition) is 2. The van der Waals surface area contributed by atoms with Crippen LogP contribution >= 0.6 is 11.8 Å². The maximum Gasteiger partial charge on any atom is 0.430 e. The molecular weight excluding hydrogens is 331 g/mol. The summed E-state index contributed by atoms with van der Waals surface area (Å²) in [6.07, 6.45) is 4.16. The van der Waals surface area contributed by atoms with Gasteiger partial charge < -0.3 is 15.6 Å². The minimum Gasteiger partial charge on any atom is -0.542 e. The fourth-order valence-corrected chi connectivity index (χ4v) is 2.46. The lowest BCUT2D eigenvalue weighted by atomic mass is 10.2. The van der Waals surface area contributed by atoms with Crippen LogP contribution < -0.4 is 15.4 Å². The second-order valence-electron chi connectivity index (χ2n) is 5.09. The molecule has 0 aliphatic rings. The number of unbranched alkanes of at least 4 members (excludes halogenated alkanes) is 3. The van der Waals surface area contributed by atoms with Crippen molar-refractivity contribution in [3.63, 3.8) is 0 Å². The molecule has 5 nitrogen and oxygen atoms in total. The van der Waals surface area contributed by atoms with Crippen molar-refractivity contribution >= 4 is 17.7 Å². The largest absolute Gasteiger partial charge is 0.542 e. The van der Waals surface area contributed by atoms with Crippen LogP contribution in [0.3, 0.4) is 0 Å². The van der Waals surface area contributed by atoms with Gasteiger partial charge in [-0.3, -0.25) is 0 Å². The van der Waals surface area contributed by atoms with Crippen molar-refractivity contribution in [2.45, 2.75) is 63.5 Å². The minimum atomic E-state index is -5.19. The number of carboxylic acids is 1. The standard InChI is InChI=1S/C12H23N3S.C2HF3O2/c1-3-4-5-6-8-15-9-7-14-12(15)16-10-11(2)13;3-2(4,5)1(6)7/h7,9,11H,3-6,8,10,13H2,1-2H3;(H,6,7)/t11-;/m0./s1. The summed E-state index contributed by atoms with van der Waals surface area (Å²) in [5, 5.41) is 10.0. The van der Waals surface area contributed by atoms with Crippen LogP contribution in [-0.2, 0) is 11.3 Å². The number of aliphatic carboxylic acids is 1. The zero-order valence-electron chi connectivity index (χ0n) is 13.4. The summed E-state index contributed by atoms with van der Waals surface area (Å²) in [5.74, 6) is -2.04. The van der Waals surface area contributed by atoms with Gasteiger partial charge in [-0.05, 0) is 31.5 Å². The van der Waals surface area contributed by atoms with E-state index >= 15 is 0 Å². The molecule has 0 aliphatic heterocycles. The van der Waals surface area contributed by atoms with E-state index in [1.807, 2.05) is 24.9 Å². The van der Waals surface area contributed by atoms with Crippen LogP contribution in [0, 0.1) is 0 Å². The number of aromatic amines is 1. The number of nitrogens with zero attached hydrogens (tertiary/aromatic N) is 1. The highest BCUT2D eigenvalue weighted by atomic mass is 32.2. The first-order valence-corrected chi connectivity index (χ1v) is 8.40. The van der Waals surface area contributed by atoms with E-state index in [1.54, 1.807) is 0 Å². The Hall–Kier alpha value is -1.22. The molecule has 0 fully saturated rings. The third-order valence-electron chi connectivity index (χ3n) is 2.69. The first-order valence-electron chi connectivity index (χ1n) is 7.41. The van der Waals surface area contributed by atoms with Gasteiger partial charge in [0.25, 0.3) is 0 Å². The predicted octanol–water partition coefficient (Wildman–Crippen LogP) is 1.62. The summed E-state index contributed by atoms with van der Waals surface area (Å²) < 4.78 is 33.8. The lowest BCUT2D eigenvalue weighted by molar-refractivity contribution is -0.732. The van der Waals surface area contributed by atoms with Gasteiger partial charge in [0.1, 0.15) is 18.4 Å². The molecule has 0 saturated heterocycles. The highest BCUT2D eigenvalue weighted by Gasteiger charge is 2.28. The van der Waals surface area contributed by atoms with Gasteiger partial charge in [-0.1, -0.05) is 19.8 Å². The van der Waals surface area contributed by atoms with Gasteiger partial charge in [0.2, 0.25) is 0 Å². The van der Waals surface area contributed by atoms with Gasteiger partial charge in [0.05, 0.1) is 6.54 Å². The Morgan fingerprint density at radius 3 is 2.52 bits per heavy atom. The number of carboxylic acid groups (broad SMARTS) is 1. The van der Waals surface area contributed by atoms with E-state index in [-0.39, 0.29) is 6.04 Å². The lowest BCUT2D eigenvalue weighted by Gasteiger charge is -2.03. The molecule has 23 heavy (non-hydrogen) atoms. The Morgan fingerprint density at radius 1 is 1.43 bits per heavy atom. The highest BCUT2D eigenvalue weighted by molar-refractivity contribution is 7.99. The quantitative estimate of drug-likeness (QED) is 0.421. The molecular formula is C14H24F3N3O2S. The van der Waals surface area contributed by atoms with Gasteiger partial charge in [-0.15, -0.1) is 0 Å². The second-order valence-corrected chi connectivity index (χ2v) is 6.10. The minimum absolute atomic E-state index is 0.252. The topological polar surface area (TPSA) is 85.8 Å². The molecule has 0 aliphatic carbocycles. The summed E-state index contributed by atoms with van der Waals surface area (Å²) in [7, 11) is 0. The number of rotatable bonds is 8. The van der Waals surface area contributed by atoms with Crippen molar-refractivity contribution in [3.05, 3.63) is 12.4 Å². The molecule has 3 N–H and O–H groups in total. The number of nitrogens with two attached hydrogens (primary N) is 1. The van der Waals surface area contributed by atoms with Crippen molar-refractivity contribution in [2.24, 2.45) is 5.73 Å². The summed E-state index contributed by atoms with van der Waals surface area (Å²) in [6, 6.07) is 0.252. The molecule has 0 spiro atoms. The van der Waals surface area contributed by atoms with E-state index in [0.29, 0.717) is 0 Å². The van der Waals surface area contributed by atoms with E-state index < -0.39 is 12.1 Å². The van der Waals surface area contributed by atoms with Crippen molar-refractivity contribution in [2.75, 3.05) is 5.75 Å². The smallest absolute Gasteiger partial charge is 0.430 e.